The standard InChI is InChI=1S/C12H21N3O4S/c1-12(10(17)19-2)6-15(7-12)9(16)8(4-5-20-3)14-11(13)18/h8H,4-7H2,1-3H3,(H3,13,14,18). The fourth-order valence-electron chi connectivity index (χ4n) is 2.21. The number of hydrogen-bond donors (Lipinski definition) is 2. The number of urea groups is 1. The summed E-state index contributed by atoms with van der Waals surface area (Å²) in [5, 5.41) is 2.45. The Balaban J connectivity index is 2.59. The number of hydrogen-bond acceptors (Lipinski definition) is 5. The van der Waals surface area contributed by atoms with Crippen LogP contribution in [0, 0.1) is 5.41 Å². The van der Waals surface area contributed by atoms with E-state index in [1.165, 1.54) is 12.0 Å². The first-order chi connectivity index (χ1) is 9.34. The summed E-state index contributed by atoms with van der Waals surface area (Å²) >= 11 is 1.58. The van der Waals surface area contributed by atoms with E-state index in [1.807, 2.05) is 6.26 Å². The predicted octanol–water partition coefficient (Wildman–Crippen LogP) is -0.202. The Bertz CT molecular complexity index is 396. The number of amides is 3. The van der Waals surface area contributed by atoms with E-state index in [0.717, 1.165) is 5.75 Å². The van der Waals surface area contributed by atoms with Gasteiger partial charge in [-0.05, 0) is 25.4 Å². The zero-order valence-corrected chi connectivity index (χ0v) is 12.8. The number of primary amides is 1. The van der Waals surface area contributed by atoms with Crippen molar-refractivity contribution in [2.24, 2.45) is 11.1 Å². The SMILES string of the molecule is COC(=O)C1(C)CN(C(=O)C(CCSC)NC(N)=O)C1. The van der Waals surface area contributed by atoms with Crippen molar-refractivity contribution in [2.75, 3.05) is 32.2 Å². The summed E-state index contributed by atoms with van der Waals surface area (Å²) < 4.78 is 4.71. The molecule has 1 unspecified atom stereocenters. The van der Waals surface area contributed by atoms with Gasteiger partial charge in [0, 0.05) is 13.1 Å². The van der Waals surface area contributed by atoms with Crippen molar-refractivity contribution in [3.63, 3.8) is 0 Å². The normalized spacial score (nSPS) is 17.9. The third kappa shape index (κ3) is 3.78. The maximum atomic E-state index is 12.3. The zero-order chi connectivity index (χ0) is 15.3. The lowest BCUT2D eigenvalue weighted by Crippen LogP contribution is -2.64. The van der Waals surface area contributed by atoms with Gasteiger partial charge in [-0.2, -0.15) is 11.8 Å². The summed E-state index contributed by atoms with van der Waals surface area (Å²) in [5.41, 5.74) is 4.43. The molecular formula is C12H21N3O4S. The smallest absolute Gasteiger partial charge is 0.315 e. The number of esters is 1. The van der Waals surface area contributed by atoms with Gasteiger partial charge in [-0.15, -0.1) is 0 Å². The van der Waals surface area contributed by atoms with Gasteiger partial charge in [0.2, 0.25) is 5.91 Å². The van der Waals surface area contributed by atoms with Crippen molar-refractivity contribution in [3.8, 4) is 0 Å². The Kier molecular flexibility index (Phi) is 5.67. The second kappa shape index (κ2) is 6.83. The molecule has 0 spiro atoms. The van der Waals surface area contributed by atoms with E-state index in [1.54, 1.807) is 18.7 Å². The molecule has 3 N–H and O–H groups in total. The van der Waals surface area contributed by atoms with E-state index in [0.29, 0.717) is 19.5 Å². The second-order valence-electron chi connectivity index (χ2n) is 5.09. The number of ether oxygens (including phenoxy) is 1. The Morgan fingerprint density at radius 1 is 1.45 bits per heavy atom. The molecule has 1 rings (SSSR count). The minimum absolute atomic E-state index is 0.209. The monoisotopic (exact) mass is 303 g/mol. The first-order valence-electron chi connectivity index (χ1n) is 6.26. The largest absolute Gasteiger partial charge is 0.468 e. The Morgan fingerprint density at radius 2 is 2.05 bits per heavy atom. The van der Waals surface area contributed by atoms with Gasteiger partial charge in [-0.3, -0.25) is 9.59 Å². The lowest BCUT2D eigenvalue weighted by molar-refractivity contribution is -0.167. The molecule has 20 heavy (non-hydrogen) atoms. The maximum Gasteiger partial charge on any atom is 0.315 e. The maximum absolute atomic E-state index is 12.3. The number of likely N-dealkylation sites (tertiary alicyclic amines) is 1. The van der Waals surface area contributed by atoms with E-state index < -0.39 is 17.5 Å². The molecule has 8 heteroatoms. The molecule has 0 aromatic heterocycles. The van der Waals surface area contributed by atoms with Gasteiger partial charge in [-0.1, -0.05) is 0 Å². The average Bonchev–Trinajstić information content (AvgIpc) is 2.37. The van der Waals surface area contributed by atoms with Crippen LogP contribution in [0.3, 0.4) is 0 Å². The molecule has 7 nitrogen and oxygen atoms in total. The highest BCUT2D eigenvalue weighted by Crippen LogP contribution is 2.31. The van der Waals surface area contributed by atoms with Crippen LogP contribution in [-0.2, 0) is 14.3 Å². The van der Waals surface area contributed by atoms with Gasteiger partial charge in [0.1, 0.15) is 11.5 Å². The van der Waals surface area contributed by atoms with Crippen molar-refractivity contribution in [3.05, 3.63) is 0 Å². The minimum Gasteiger partial charge on any atom is -0.468 e. The highest BCUT2D eigenvalue weighted by atomic mass is 32.2. The summed E-state index contributed by atoms with van der Waals surface area (Å²) in [6.07, 6.45) is 2.43. The number of nitrogens with zero attached hydrogens (tertiary/aromatic N) is 1. The number of nitrogens with one attached hydrogen (secondary N) is 1. The number of nitrogens with two attached hydrogens (primary N) is 1. The molecule has 0 saturated carbocycles. The Labute approximate surface area is 122 Å². The molecule has 114 valence electrons. The van der Waals surface area contributed by atoms with E-state index in [-0.39, 0.29) is 11.9 Å². The summed E-state index contributed by atoms with van der Waals surface area (Å²) in [6, 6.07) is -1.36. The predicted molar refractivity (Wildman–Crippen MR) is 76.2 cm³/mol. The molecule has 1 saturated heterocycles. The van der Waals surface area contributed by atoms with Crippen LogP contribution in [0.5, 0.6) is 0 Å². The summed E-state index contributed by atoms with van der Waals surface area (Å²) in [5.74, 6) is 0.197. The summed E-state index contributed by atoms with van der Waals surface area (Å²) in [4.78, 5) is 36.3. The van der Waals surface area contributed by atoms with E-state index in [9.17, 15) is 14.4 Å². The van der Waals surface area contributed by atoms with Crippen molar-refractivity contribution in [2.45, 2.75) is 19.4 Å². The molecule has 3 amide bonds. The van der Waals surface area contributed by atoms with Crippen molar-refractivity contribution >= 4 is 29.7 Å². The van der Waals surface area contributed by atoms with Crippen molar-refractivity contribution < 1.29 is 19.1 Å². The molecule has 1 aliphatic heterocycles. The lowest BCUT2D eigenvalue weighted by atomic mass is 9.81. The summed E-state index contributed by atoms with van der Waals surface area (Å²) in [7, 11) is 1.33. The Morgan fingerprint density at radius 3 is 2.50 bits per heavy atom. The van der Waals surface area contributed by atoms with Crippen LogP contribution in [0.4, 0.5) is 4.79 Å². The van der Waals surface area contributed by atoms with E-state index in [4.69, 9.17) is 10.5 Å². The molecule has 1 fully saturated rings. The average molecular weight is 303 g/mol. The van der Waals surface area contributed by atoms with Crippen molar-refractivity contribution in [1.82, 2.24) is 10.2 Å². The van der Waals surface area contributed by atoms with Gasteiger partial charge < -0.3 is 20.7 Å². The van der Waals surface area contributed by atoms with Crippen LogP contribution >= 0.6 is 11.8 Å². The van der Waals surface area contributed by atoms with Gasteiger partial charge in [0.25, 0.3) is 0 Å². The van der Waals surface area contributed by atoms with Crippen LogP contribution in [-0.4, -0.2) is 61.1 Å². The molecule has 0 aliphatic carbocycles. The second-order valence-corrected chi connectivity index (χ2v) is 6.07. The lowest BCUT2D eigenvalue weighted by Gasteiger charge is -2.46. The number of carbonyl (C=O) groups excluding carboxylic acids is 3. The third-order valence-corrected chi connectivity index (χ3v) is 3.94. The Hall–Kier alpha value is -1.44. The molecule has 0 bridgehead atoms. The number of thioether (sulfide) groups is 1. The van der Waals surface area contributed by atoms with E-state index >= 15 is 0 Å². The quantitative estimate of drug-likeness (QED) is 0.662. The van der Waals surface area contributed by atoms with Crippen LogP contribution in [0.15, 0.2) is 0 Å². The molecule has 0 aromatic rings. The number of carbonyl (C=O) groups is 3. The van der Waals surface area contributed by atoms with Crippen LogP contribution in [0.1, 0.15) is 13.3 Å². The summed E-state index contributed by atoms with van der Waals surface area (Å²) in [6.45, 7) is 2.35. The highest BCUT2D eigenvalue weighted by Gasteiger charge is 2.49. The fourth-order valence-corrected chi connectivity index (χ4v) is 2.68. The van der Waals surface area contributed by atoms with E-state index in [2.05, 4.69) is 5.32 Å². The van der Waals surface area contributed by atoms with Crippen LogP contribution in [0.25, 0.3) is 0 Å². The molecule has 0 aromatic carbocycles. The first-order valence-corrected chi connectivity index (χ1v) is 7.65. The fraction of sp³-hybridized carbons (Fsp3) is 0.750. The third-order valence-electron chi connectivity index (χ3n) is 3.29. The van der Waals surface area contributed by atoms with Crippen LogP contribution in [0.2, 0.25) is 0 Å². The number of methoxy groups -OCH3 is 1. The van der Waals surface area contributed by atoms with Gasteiger partial charge >= 0.3 is 12.0 Å². The topological polar surface area (TPSA) is 102 Å². The van der Waals surface area contributed by atoms with Gasteiger partial charge in [-0.25, -0.2) is 4.79 Å². The number of rotatable bonds is 6. The van der Waals surface area contributed by atoms with Gasteiger partial charge in [0.05, 0.1) is 7.11 Å². The van der Waals surface area contributed by atoms with Crippen LogP contribution < -0.4 is 11.1 Å². The highest BCUT2D eigenvalue weighted by molar-refractivity contribution is 7.98. The zero-order valence-electron chi connectivity index (χ0n) is 12.0. The molecule has 1 atom stereocenters. The molecule has 0 radical (unpaired) electrons. The first kappa shape index (κ1) is 16.6. The molecular weight excluding hydrogens is 282 g/mol. The van der Waals surface area contributed by atoms with Gasteiger partial charge in [0.15, 0.2) is 0 Å². The molecule has 1 aliphatic rings. The minimum atomic E-state index is -0.722. The van der Waals surface area contributed by atoms with Crippen molar-refractivity contribution in [1.29, 1.82) is 0 Å². The molecule has 1 heterocycles.